The molecular weight excluding hydrogens is 348 g/mol. The van der Waals surface area contributed by atoms with Gasteiger partial charge in [0.1, 0.15) is 0 Å². The lowest BCUT2D eigenvalue weighted by Crippen LogP contribution is -2.29. The average molecular weight is 370 g/mol. The maximum absolute atomic E-state index is 12.9. The summed E-state index contributed by atoms with van der Waals surface area (Å²) in [4.78, 5) is 27.0. The molecule has 3 aromatic carbocycles. The Morgan fingerprint density at radius 3 is 2.32 bits per heavy atom. The summed E-state index contributed by atoms with van der Waals surface area (Å²) in [7, 11) is 0. The molecule has 0 spiro atoms. The molecule has 2 amide bonds. The van der Waals surface area contributed by atoms with E-state index in [1.807, 2.05) is 54.3 Å². The Bertz CT molecular complexity index is 1010. The van der Waals surface area contributed by atoms with Crippen molar-refractivity contribution in [3.8, 4) is 0 Å². The number of hydrogen-bond donors (Lipinski definition) is 1. The summed E-state index contributed by atoms with van der Waals surface area (Å²) in [6.45, 7) is 3.20. The van der Waals surface area contributed by atoms with Gasteiger partial charge in [-0.15, -0.1) is 0 Å². The third-order valence-corrected chi connectivity index (χ3v) is 5.10. The number of nitrogens with one attached hydrogen (secondary N) is 1. The maximum atomic E-state index is 12.9. The Hall–Kier alpha value is -3.40. The molecule has 1 aliphatic heterocycles. The highest BCUT2D eigenvalue weighted by Gasteiger charge is 2.25. The summed E-state index contributed by atoms with van der Waals surface area (Å²) < 4.78 is 0. The van der Waals surface area contributed by atoms with Crippen LogP contribution in [0.5, 0.6) is 0 Å². The monoisotopic (exact) mass is 370 g/mol. The van der Waals surface area contributed by atoms with Gasteiger partial charge in [0.2, 0.25) is 0 Å². The minimum atomic E-state index is -0.147. The van der Waals surface area contributed by atoms with Crippen molar-refractivity contribution in [2.24, 2.45) is 0 Å². The van der Waals surface area contributed by atoms with Crippen LogP contribution in [-0.4, -0.2) is 18.4 Å². The van der Waals surface area contributed by atoms with Gasteiger partial charge >= 0.3 is 0 Å². The standard InChI is InChI=1S/C24H22N2O2/c1-17-6-8-18(9-7-17)16-25-23(27)20-10-12-21(13-11-20)24(28)26-15-14-19-4-2-3-5-22(19)26/h2-13H,14-16H2,1H3,(H,25,27). The van der Waals surface area contributed by atoms with E-state index in [4.69, 9.17) is 0 Å². The first-order valence-corrected chi connectivity index (χ1v) is 9.45. The molecule has 3 aromatic rings. The highest BCUT2D eigenvalue weighted by molar-refractivity contribution is 6.07. The molecule has 0 fully saturated rings. The fraction of sp³-hybridized carbons (Fsp3) is 0.167. The van der Waals surface area contributed by atoms with E-state index >= 15 is 0 Å². The van der Waals surface area contributed by atoms with Crippen molar-refractivity contribution in [2.45, 2.75) is 19.9 Å². The summed E-state index contributed by atoms with van der Waals surface area (Å²) in [5, 5.41) is 2.92. The van der Waals surface area contributed by atoms with Crippen LogP contribution in [-0.2, 0) is 13.0 Å². The highest BCUT2D eigenvalue weighted by atomic mass is 16.2. The van der Waals surface area contributed by atoms with Gasteiger partial charge < -0.3 is 10.2 Å². The third kappa shape index (κ3) is 3.67. The first-order valence-electron chi connectivity index (χ1n) is 9.45. The Balaban J connectivity index is 1.41. The maximum Gasteiger partial charge on any atom is 0.258 e. The lowest BCUT2D eigenvalue weighted by molar-refractivity contribution is 0.0947. The van der Waals surface area contributed by atoms with E-state index in [9.17, 15) is 9.59 Å². The normalized spacial score (nSPS) is 12.5. The fourth-order valence-electron chi connectivity index (χ4n) is 3.46. The van der Waals surface area contributed by atoms with Crippen LogP contribution in [0.15, 0.2) is 72.8 Å². The predicted molar refractivity (Wildman–Crippen MR) is 111 cm³/mol. The van der Waals surface area contributed by atoms with Crippen LogP contribution in [0.4, 0.5) is 5.69 Å². The van der Waals surface area contributed by atoms with Crippen LogP contribution in [0.25, 0.3) is 0 Å². The number of para-hydroxylation sites is 1. The number of aryl methyl sites for hydroxylation is 1. The van der Waals surface area contributed by atoms with Crippen LogP contribution in [0.3, 0.4) is 0 Å². The van der Waals surface area contributed by atoms with Crippen LogP contribution in [0, 0.1) is 6.92 Å². The molecule has 0 atom stereocenters. The lowest BCUT2D eigenvalue weighted by atomic mass is 10.1. The third-order valence-electron chi connectivity index (χ3n) is 5.10. The number of fused-ring (bicyclic) bond motifs is 1. The number of anilines is 1. The zero-order chi connectivity index (χ0) is 19.5. The Kier molecular flexibility index (Phi) is 4.94. The molecule has 28 heavy (non-hydrogen) atoms. The van der Waals surface area contributed by atoms with Crippen molar-refractivity contribution in [1.29, 1.82) is 0 Å². The zero-order valence-electron chi connectivity index (χ0n) is 15.8. The smallest absolute Gasteiger partial charge is 0.258 e. The number of amides is 2. The van der Waals surface area contributed by atoms with Crippen molar-refractivity contribution >= 4 is 17.5 Å². The molecule has 140 valence electrons. The van der Waals surface area contributed by atoms with E-state index in [1.165, 1.54) is 11.1 Å². The molecule has 0 saturated carbocycles. The van der Waals surface area contributed by atoms with Gasteiger partial charge in [0.05, 0.1) is 0 Å². The number of benzene rings is 3. The Morgan fingerprint density at radius 2 is 1.57 bits per heavy atom. The van der Waals surface area contributed by atoms with Gasteiger partial charge in [-0.3, -0.25) is 9.59 Å². The van der Waals surface area contributed by atoms with E-state index in [2.05, 4.69) is 11.4 Å². The number of rotatable bonds is 4. The molecular formula is C24H22N2O2. The van der Waals surface area contributed by atoms with Gasteiger partial charge in [-0.1, -0.05) is 48.0 Å². The molecule has 1 N–H and O–H groups in total. The topological polar surface area (TPSA) is 49.4 Å². The van der Waals surface area contributed by atoms with Gasteiger partial charge in [0, 0.05) is 29.9 Å². The van der Waals surface area contributed by atoms with E-state index in [0.717, 1.165) is 17.7 Å². The molecule has 4 heteroatoms. The predicted octanol–water partition coefficient (Wildman–Crippen LogP) is 4.13. The molecule has 0 radical (unpaired) electrons. The van der Waals surface area contributed by atoms with Crippen LogP contribution < -0.4 is 10.2 Å². The summed E-state index contributed by atoms with van der Waals surface area (Å²) in [5.41, 5.74) is 5.56. The number of carbonyl (C=O) groups is 2. The molecule has 0 saturated heterocycles. The Morgan fingerprint density at radius 1 is 0.893 bits per heavy atom. The zero-order valence-corrected chi connectivity index (χ0v) is 15.8. The molecule has 4 nitrogen and oxygen atoms in total. The number of hydrogen-bond acceptors (Lipinski definition) is 2. The molecule has 0 bridgehead atoms. The molecule has 1 aliphatic rings. The number of carbonyl (C=O) groups excluding carboxylic acids is 2. The van der Waals surface area contributed by atoms with Crippen molar-refractivity contribution in [1.82, 2.24) is 5.32 Å². The second kappa shape index (κ2) is 7.69. The largest absolute Gasteiger partial charge is 0.348 e. The summed E-state index contributed by atoms with van der Waals surface area (Å²) in [6.07, 6.45) is 0.876. The molecule has 1 heterocycles. The molecule has 0 aromatic heterocycles. The van der Waals surface area contributed by atoms with E-state index < -0.39 is 0 Å². The van der Waals surface area contributed by atoms with Crippen molar-refractivity contribution in [3.63, 3.8) is 0 Å². The minimum Gasteiger partial charge on any atom is -0.348 e. The quantitative estimate of drug-likeness (QED) is 0.751. The van der Waals surface area contributed by atoms with Gasteiger partial charge in [0.15, 0.2) is 0 Å². The van der Waals surface area contributed by atoms with Gasteiger partial charge in [-0.05, 0) is 54.8 Å². The Labute approximate surface area is 164 Å². The van der Waals surface area contributed by atoms with Crippen LogP contribution in [0.2, 0.25) is 0 Å². The molecule has 0 aliphatic carbocycles. The first-order chi connectivity index (χ1) is 13.6. The minimum absolute atomic E-state index is 0.0310. The van der Waals surface area contributed by atoms with E-state index in [1.54, 1.807) is 24.3 Å². The summed E-state index contributed by atoms with van der Waals surface area (Å²) >= 11 is 0. The molecule has 4 rings (SSSR count). The number of nitrogens with zero attached hydrogens (tertiary/aromatic N) is 1. The van der Waals surface area contributed by atoms with Crippen LogP contribution in [0.1, 0.15) is 37.4 Å². The van der Waals surface area contributed by atoms with Crippen molar-refractivity contribution in [2.75, 3.05) is 11.4 Å². The SMILES string of the molecule is Cc1ccc(CNC(=O)c2ccc(C(=O)N3CCc4ccccc43)cc2)cc1. The van der Waals surface area contributed by atoms with Gasteiger partial charge in [-0.25, -0.2) is 0 Å². The second-order valence-electron chi connectivity index (χ2n) is 7.08. The average Bonchev–Trinajstić information content (AvgIpc) is 3.17. The summed E-state index contributed by atoms with van der Waals surface area (Å²) in [5.74, 6) is -0.178. The highest BCUT2D eigenvalue weighted by Crippen LogP contribution is 2.28. The van der Waals surface area contributed by atoms with Crippen molar-refractivity contribution < 1.29 is 9.59 Å². The second-order valence-corrected chi connectivity index (χ2v) is 7.08. The molecule has 0 unspecified atom stereocenters. The van der Waals surface area contributed by atoms with Gasteiger partial charge in [0.25, 0.3) is 11.8 Å². The van der Waals surface area contributed by atoms with E-state index in [-0.39, 0.29) is 11.8 Å². The van der Waals surface area contributed by atoms with E-state index in [0.29, 0.717) is 24.2 Å². The lowest BCUT2D eigenvalue weighted by Gasteiger charge is -2.17. The van der Waals surface area contributed by atoms with Crippen LogP contribution >= 0.6 is 0 Å². The van der Waals surface area contributed by atoms with Gasteiger partial charge in [-0.2, -0.15) is 0 Å². The summed E-state index contributed by atoms with van der Waals surface area (Å²) in [6, 6.07) is 22.9. The van der Waals surface area contributed by atoms with Crippen molar-refractivity contribution in [3.05, 3.63) is 101 Å². The first kappa shape index (κ1) is 18.0. The fourth-order valence-corrected chi connectivity index (χ4v) is 3.46.